The highest BCUT2D eigenvalue weighted by molar-refractivity contribution is 5.92. The quantitative estimate of drug-likeness (QED) is 0.622. The van der Waals surface area contributed by atoms with Crippen LogP contribution in [-0.2, 0) is 11.3 Å². The van der Waals surface area contributed by atoms with Crippen LogP contribution in [0.3, 0.4) is 0 Å². The number of amides is 1. The van der Waals surface area contributed by atoms with Crippen molar-refractivity contribution in [1.82, 2.24) is 15.0 Å². The van der Waals surface area contributed by atoms with E-state index in [-0.39, 0.29) is 11.8 Å². The van der Waals surface area contributed by atoms with Crippen molar-refractivity contribution in [3.63, 3.8) is 0 Å². The van der Waals surface area contributed by atoms with E-state index >= 15 is 0 Å². The second-order valence-electron chi connectivity index (χ2n) is 7.53. The minimum atomic E-state index is -0.0835. The van der Waals surface area contributed by atoms with Gasteiger partial charge in [0.05, 0.1) is 26.7 Å². The predicted molar refractivity (Wildman–Crippen MR) is 116 cm³/mol. The zero-order chi connectivity index (χ0) is 21.6. The average Bonchev–Trinajstić information content (AvgIpc) is 3.28. The van der Waals surface area contributed by atoms with Crippen LogP contribution in [-0.4, -0.2) is 48.3 Å². The van der Waals surface area contributed by atoms with Crippen LogP contribution in [0.15, 0.2) is 53.1 Å². The molecule has 1 fully saturated rings. The zero-order valence-corrected chi connectivity index (χ0v) is 17.7. The van der Waals surface area contributed by atoms with Gasteiger partial charge >= 0.3 is 0 Å². The summed E-state index contributed by atoms with van der Waals surface area (Å²) in [6.07, 6.45) is 1.81. The molecule has 1 saturated heterocycles. The van der Waals surface area contributed by atoms with Crippen LogP contribution in [0.25, 0.3) is 11.4 Å². The van der Waals surface area contributed by atoms with Gasteiger partial charge in [-0.3, -0.25) is 9.69 Å². The average molecular weight is 422 g/mol. The van der Waals surface area contributed by atoms with Crippen molar-refractivity contribution in [2.45, 2.75) is 19.4 Å². The number of ether oxygens (including phenoxy) is 2. The van der Waals surface area contributed by atoms with Gasteiger partial charge in [0.15, 0.2) is 0 Å². The lowest BCUT2D eigenvalue weighted by atomic mass is 9.97. The molecule has 0 radical (unpaired) electrons. The third-order valence-electron chi connectivity index (χ3n) is 5.41. The van der Waals surface area contributed by atoms with Crippen molar-refractivity contribution in [2.75, 3.05) is 32.6 Å². The number of piperidine rings is 1. The first-order chi connectivity index (χ1) is 15.1. The Hall–Kier alpha value is -3.39. The van der Waals surface area contributed by atoms with Gasteiger partial charge in [0.1, 0.15) is 11.5 Å². The fourth-order valence-corrected chi connectivity index (χ4v) is 3.70. The number of carbonyl (C=O) groups excluding carboxylic acids is 1. The van der Waals surface area contributed by atoms with Gasteiger partial charge in [-0.25, -0.2) is 0 Å². The Morgan fingerprint density at radius 3 is 2.45 bits per heavy atom. The van der Waals surface area contributed by atoms with Crippen molar-refractivity contribution in [3.05, 3.63) is 54.4 Å². The highest BCUT2D eigenvalue weighted by Crippen LogP contribution is 2.23. The SMILES string of the molecule is COc1ccc(NC(=O)C2CCCN(Cc3nc(-c4ccc(OC)cc4)no3)C2)cc1. The number of rotatable bonds is 7. The molecule has 2 aromatic carbocycles. The summed E-state index contributed by atoms with van der Waals surface area (Å²) in [4.78, 5) is 19.4. The van der Waals surface area contributed by atoms with E-state index in [2.05, 4.69) is 20.4 Å². The molecule has 1 aromatic heterocycles. The van der Waals surface area contributed by atoms with Gasteiger partial charge in [-0.1, -0.05) is 5.16 Å². The van der Waals surface area contributed by atoms with Gasteiger partial charge in [0.2, 0.25) is 17.6 Å². The van der Waals surface area contributed by atoms with Crippen molar-refractivity contribution in [3.8, 4) is 22.9 Å². The number of aromatic nitrogens is 2. The van der Waals surface area contributed by atoms with E-state index in [1.54, 1.807) is 14.2 Å². The molecule has 8 nitrogen and oxygen atoms in total. The number of hydrogen-bond donors (Lipinski definition) is 1. The summed E-state index contributed by atoms with van der Waals surface area (Å²) in [5.74, 6) is 2.57. The molecule has 0 spiro atoms. The summed E-state index contributed by atoms with van der Waals surface area (Å²) in [5.41, 5.74) is 1.63. The number of nitrogens with zero attached hydrogens (tertiary/aromatic N) is 3. The molecular weight excluding hydrogens is 396 g/mol. The Morgan fingerprint density at radius 1 is 1.10 bits per heavy atom. The maximum absolute atomic E-state index is 12.7. The van der Waals surface area contributed by atoms with Gasteiger partial charge in [-0.05, 0) is 67.9 Å². The molecule has 1 aliphatic rings. The predicted octanol–water partition coefficient (Wildman–Crippen LogP) is 3.60. The molecule has 0 saturated carbocycles. The highest BCUT2D eigenvalue weighted by Gasteiger charge is 2.27. The first-order valence-electron chi connectivity index (χ1n) is 10.3. The molecule has 1 N–H and O–H groups in total. The third-order valence-corrected chi connectivity index (χ3v) is 5.41. The van der Waals surface area contributed by atoms with Crippen LogP contribution in [0.4, 0.5) is 5.69 Å². The Morgan fingerprint density at radius 2 is 1.77 bits per heavy atom. The number of anilines is 1. The maximum Gasteiger partial charge on any atom is 0.241 e. The lowest BCUT2D eigenvalue weighted by Gasteiger charge is -2.30. The molecule has 8 heteroatoms. The number of nitrogens with one attached hydrogen (secondary N) is 1. The number of hydrogen-bond acceptors (Lipinski definition) is 7. The highest BCUT2D eigenvalue weighted by atomic mass is 16.5. The zero-order valence-electron chi connectivity index (χ0n) is 17.7. The smallest absolute Gasteiger partial charge is 0.241 e. The molecule has 3 aromatic rings. The molecule has 2 heterocycles. The first kappa shape index (κ1) is 20.9. The van der Waals surface area contributed by atoms with Crippen LogP contribution in [0, 0.1) is 5.92 Å². The Labute approximate surface area is 181 Å². The second-order valence-corrected chi connectivity index (χ2v) is 7.53. The number of methoxy groups -OCH3 is 2. The molecule has 1 amide bonds. The van der Waals surface area contributed by atoms with E-state index in [1.165, 1.54) is 0 Å². The Balaban J connectivity index is 1.34. The van der Waals surface area contributed by atoms with Crippen molar-refractivity contribution < 1.29 is 18.8 Å². The summed E-state index contributed by atoms with van der Waals surface area (Å²) in [5, 5.41) is 7.09. The van der Waals surface area contributed by atoms with Gasteiger partial charge in [0.25, 0.3) is 0 Å². The standard InChI is InChI=1S/C23H26N4O4/c1-29-19-9-5-16(6-10-19)22-25-21(31-26-22)15-27-13-3-4-17(14-27)23(28)24-18-7-11-20(30-2)12-8-18/h5-12,17H,3-4,13-15H2,1-2H3,(H,24,28). The second kappa shape index (κ2) is 9.61. The van der Waals surface area contributed by atoms with Gasteiger partial charge in [-0.15, -0.1) is 0 Å². The molecule has 31 heavy (non-hydrogen) atoms. The van der Waals surface area contributed by atoms with E-state index in [0.717, 1.165) is 42.1 Å². The summed E-state index contributed by atoms with van der Waals surface area (Å²) < 4.78 is 15.8. The third kappa shape index (κ3) is 5.21. The Bertz CT molecular complexity index is 1000. The van der Waals surface area contributed by atoms with Gasteiger partial charge in [0, 0.05) is 17.8 Å². The number of benzene rings is 2. The Kier molecular flexibility index (Phi) is 6.47. The molecule has 1 aliphatic heterocycles. The largest absolute Gasteiger partial charge is 0.497 e. The van der Waals surface area contributed by atoms with Crippen LogP contribution < -0.4 is 14.8 Å². The summed E-state index contributed by atoms with van der Waals surface area (Å²) >= 11 is 0. The van der Waals surface area contributed by atoms with E-state index in [4.69, 9.17) is 14.0 Å². The molecular formula is C23H26N4O4. The van der Waals surface area contributed by atoms with E-state index in [9.17, 15) is 4.79 Å². The minimum Gasteiger partial charge on any atom is -0.497 e. The van der Waals surface area contributed by atoms with Crippen LogP contribution >= 0.6 is 0 Å². The lowest BCUT2D eigenvalue weighted by Crippen LogP contribution is -2.40. The van der Waals surface area contributed by atoms with E-state index in [0.29, 0.717) is 24.8 Å². The maximum atomic E-state index is 12.7. The summed E-state index contributed by atoms with van der Waals surface area (Å²) in [7, 11) is 3.25. The van der Waals surface area contributed by atoms with Gasteiger partial charge < -0.3 is 19.3 Å². The first-order valence-corrected chi connectivity index (χ1v) is 10.3. The lowest BCUT2D eigenvalue weighted by molar-refractivity contribution is -0.121. The minimum absolute atomic E-state index is 0.0271. The van der Waals surface area contributed by atoms with Crippen molar-refractivity contribution in [1.29, 1.82) is 0 Å². The molecule has 4 rings (SSSR count). The number of carbonyl (C=O) groups is 1. The van der Waals surface area contributed by atoms with Crippen LogP contribution in [0.2, 0.25) is 0 Å². The van der Waals surface area contributed by atoms with Gasteiger partial charge in [-0.2, -0.15) is 4.98 Å². The molecule has 1 atom stereocenters. The van der Waals surface area contributed by atoms with E-state index in [1.807, 2.05) is 48.5 Å². The molecule has 162 valence electrons. The van der Waals surface area contributed by atoms with Crippen LogP contribution in [0.5, 0.6) is 11.5 Å². The topological polar surface area (TPSA) is 89.7 Å². The fraction of sp³-hybridized carbons (Fsp3) is 0.348. The van der Waals surface area contributed by atoms with Crippen molar-refractivity contribution >= 4 is 11.6 Å². The van der Waals surface area contributed by atoms with Crippen molar-refractivity contribution in [2.24, 2.45) is 5.92 Å². The monoisotopic (exact) mass is 422 g/mol. The summed E-state index contributed by atoms with van der Waals surface area (Å²) in [6, 6.07) is 14.9. The fourth-order valence-electron chi connectivity index (χ4n) is 3.70. The van der Waals surface area contributed by atoms with Crippen LogP contribution in [0.1, 0.15) is 18.7 Å². The number of likely N-dealkylation sites (tertiary alicyclic amines) is 1. The normalized spacial score (nSPS) is 16.6. The molecule has 1 unspecified atom stereocenters. The molecule has 0 bridgehead atoms. The molecule has 0 aliphatic carbocycles. The van der Waals surface area contributed by atoms with E-state index < -0.39 is 0 Å². The summed E-state index contributed by atoms with van der Waals surface area (Å²) in [6.45, 7) is 2.07.